The lowest BCUT2D eigenvalue weighted by Crippen LogP contribution is -2.56. The van der Waals surface area contributed by atoms with Gasteiger partial charge >= 0.3 is 0 Å². The van der Waals surface area contributed by atoms with Crippen LogP contribution in [0, 0.1) is 24.6 Å². The van der Waals surface area contributed by atoms with Crippen molar-refractivity contribution in [1.82, 2.24) is 25.4 Å². The van der Waals surface area contributed by atoms with Crippen molar-refractivity contribution in [3.63, 3.8) is 0 Å². The summed E-state index contributed by atoms with van der Waals surface area (Å²) in [6, 6.07) is 0.268. The largest absolute Gasteiger partial charge is 0.348 e. The average Bonchev–Trinajstić information content (AvgIpc) is 3.30. The van der Waals surface area contributed by atoms with Crippen LogP contribution in [0.5, 0.6) is 0 Å². The smallest absolute Gasteiger partial charge is 0.243 e. The summed E-state index contributed by atoms with van der Waals surface area (Å²) >= 11 is 0. The van der Waals surface area contributed by atoms with E-state index in [9.17, 15) is 14.8 Å². The lowest BCUT2D eigenvalue weighted by Gasteiger charge is -2.44. The number of aromatic nitrogens is 2. The Kier molecular flexibility index (Phi) is 8.41. The number of anilines is 2. The van der Waals surface area contributed by atoms with Gasteiger partial charge < -0.3 is 4.90 Å². The zero-order valence-corrected chi connectivity index (χ0v) is 19.9. The van der Waals surface area contributed by atoms with Gasteiger partial charge in [0.05, 0.1) is 12.5 Å². The van der Waals surface area contributed by atoms with E-state index in [4.69, 9.17) is 0 Å². The Morgan fingerprint density at radius 3 is 2.64 bits per heavy atom. The summed E-state index contributed by atoms with van der Waals surface area (Å²) in [6.45, 7) is 7.09. The highest BCUT2D eigenvalue weighted by Crippen LogP contribution is 2.31. The minimum atomic E-state index is -0.631. The first kappa shape index (κ1) is 25.1. The molecule has 2 heterocycles. The third-order valence-electron chi connectivity index (χ3n) is 7.09. The summed E-state index contributed by atoms with van der Waals surface area (Å²) in [6.07, 6.45) is 5.10. The Hall–Kier alpha value is -2.53. The molecule has 1 aromatic rings. The van der Waals surface area contributed by atoms with Crippen LogP contribution in [0.2, 0.25) is 0 Å². The van der Waals surface area contributed by atoms with E-state index >= 15 is 4.39 Å². The van der Waals surface area contributed by atoms with Crippen LogP contribution in [0.1, 0.15) is 51.8 Å². The van der Waals surface area contributed by atoms with Crippen LogP contribution in [-0.2, 0) is 9.59 Å². The molecule has 1 saturated carbocycles. The second-order valence-corrected chi connectivity index (χ2v) is 9.34. The topological polar surface area (TPSA) is 114 Å². The van der Waals surface area contributed by atoms with Gasteiger partial charge in [-0.2, -0.15) is 4.39 Å². The second-order valence-electron chi connectivity index (χ2n) is 9.34. The van der Waals surface area contributed by atoms with Crippen molar-refractivity contribution in [3.05, 3.63) is 11.6 Å². The molecule has 33 heavy (non-hydrogen) atoms. The maximum absolute atomic E-state index is 15.4. The van der Waals surface area contributed by atoms with Crippen LogP contribution in [0.3, 0.4) is 0 Å². The number of amides is 2. The summed E-state index contributed by atoms with van der Waals surface area (Å²) in [5, 5.41) is 10.1. The Bertz CT molecular complexity index is 836. The zero-order valence-electron chi connectivity index (χ0n) is 19.9. The molecule has 2 amide bonds. The highest BCUT2D eigenvalue weighted by molar-refractivity contribution is 5.80. The number of carbonyl (C=O) groups is 2. The SMILES string of the molecule is Cc1nc(NNC(=O)[C@@H](CC2CCCC2)CN(O)C=O)c(F)c(N2CCN(C)[C@H](C)[C@H]2C)n1. The summed E-state index contributed by atoms with van der Waals surface area (Å²) < 4.78 is 15.4. The van der Waals surface area contributed by atoms with E-state index in [1.54, 1.807) is 6.92 Å². The Morgan fingerprint density at radius 2 is 1.97 bits per heavy atom. The molecule has 3 rings (SSSR count). The van der Waals surface area contributed by atoms with Crippen molar-refractivity contribution in [2.45, 2.75) is 65.0 Å². The molecule has 184 valence electrons. The van der Waals surface area contributed by atoms with Gasteiger partial charge in [0.15, 0.2) is 11.6 Å². The number of hydrogen-bond donors (Lipinski definition) is 3. The lowest BCUT2D eigenvalue weighted by molar-refractivity contribution is -0.154. The molecule has 10 nitrogen and oxygen atoms in total. The quantitative estimate of drug-likeness (QED) is 0.288. The van der Waals surface area contributed by atoms with Crippen molar-refractivity contribution in [1.29, 1.82) is 0 Å². The molecule has 1 saturated heterocycles. The zero-order chi connectivity index (χ0) is 24.1. The van der Waals surface area contributed by atoms with Crippen molar-refractivity contribution in [2.75, 3.05) is 37.0 Å². The molecule has 2 fully saturated rings. The van der Waals surface area contributed by atoms with Gasteiger partial charge in [-0.1, -0.05) is 25.7 Å². The Morgan fingerprint density at radius 1 is 1.27 bits per heavy atom. The Balaban J connectivity index is 1.72. The maximum atomic E-state index is 15.4. The van der Waals surface area contributed by atoms with E-state index in [1.807, 2.05) is 18.9 Å². The number of piperazine rings is 1. The molecule has 2 aliphatic rings. The van der Waals surface area contributed by atoms with Crippen LogP contribution in [0.4, 0.5) is 16.0 Å². The summed E-state index contributed by atoms with van der Waals surface area (Å²) in [4.78, 5) is 36.4. The molecule has 3 atom stereocenters. The van der Waals surface area contributed by atoms with Gasteiger partial charge in [-0.15, -0.1) is 0 Å². The second kappa shape index (κ2) is 11.1. The van der Waals surface area contributed by atoms with Gasteiger partial charge in [0, 0.05) is 25.2 Å². The third-order valence-corrected chi connectivity index (χ3v) is 7.09. The van der Waals surface area contributed by atoms with E-state index in [-0.39, 0.29) is 36.7 Å². The minimum Gasteiger partial charge on any atom is -0.348 e. The number of halogens is 1. The molecule has 0 aromatic carbocycles. The van der Waals surface area contributed by atoms with Crippen LogP contribution < -0.4 is 15.8 Å². The first-order valence-electron chi connectivity index (χ1n) is 11.7. The lowest BCUT2D eigenvalue weighted by atomic mass is 9.92. The van der Waals surface area contributed by atoms with E-state index in [1.165, 1.54) is 0 Å². The van der Waals surface area contributed by atoms with E-state index in [0.29, 0.717) is 29.8 Å². The standard InChI is InChI=1S/C22H36FN7O3/c1-14-15(2)30(10-9-28(14)4)21-19(23)20(24-16(3)25-21)26-27-22(32)18(12-29(33)13-31)11-17-7-5-6-8-17/h13-15,17-18,33H,5-12H2,1-4H3,(H,27,32)(H,24,25,26)/t14-,15-,18+/m1/s1. The van der Waals surface area contributed by atoms with Crippen molar-refractivity contribution < 1.29 is 19.2 Å². The molecule has 11 heteroatoms. The molecule has 1 aliphatic heterocycles. The summed E-state index contributed by atoms with van der Waals surface area (Å²) in [5.41, 5.74) is 5.14. The van der Waals surface area contributed by atoms with Crippen molar-refractivity contribution in [2.24, 2.45) is 11.8 Å². The van der Waals surface area contributed by atoms with Gasteiger partial charge in [0.25, 0.3) is 0 Å². The normalized spacial score (nSPS) is 22.8. The van der Waals surface area contributed by atoms with Gasteiger partial charge in [-0.05, 0) is 40.2 Å². The highest BCUT2D eigenvalue weighted by atomic mass is 19.1. The molecular formula is C22H36FN7O3. The number of hydrazine groups is 1. The van der Waals surface area contributed by atoms with E-state index in [2.05, 4.69) is 32.6 Å². The molecule has 0 spiro atoms. The predicted molar refractivity (Wildman–Crippen MR) is 122 cm³/mol. The van der Waals surface area contributed by atoms with Crippen molar-refractivity contribution >= 4 is 24.0 Å². The van der Waals surface area contributed by atoms with Gasteiger partial charge in [-0.25, -0.2) is 15.0 Å². The predicted octanol–water partition coefficient (Wildman–Crippen LogP) is 1.94. The number of nitrogens with zero attached hydrogens (tertiary/aromatic N) is 5. The fraction of sp³-hybridized carbons (Fsp3) is 0.727. The minimum absolute atomic E-state index is 0.0460. The summed E-state index contributed by atoms with van der Waals surface area (Å²) in [7, 11) is 2.04. The fourth-order valence-electron chi connectivity index (χ4n) is 4.82. The molecule has 3 N–H and O–H groups in total. The number of aryl methyl sites for hydroxylation is 1. The third kappa shape index (κ3) is 6.08. The van der Waals surface area contributed by atoms with Crippen LogP contribution in [-0.4, -0.2) is 76.2 Å². The van der Waals surface area contributed by atoms with E-state index in [0.717, 1.165) is 32.2 Å². The molecular weight excluding hydrogens is 429 g/mol. The first-order valence-corrected chi connectivity index (χ1v) is 11.7. The number of nitrogens with one attached hydrogen (secondary N) is 2. The Labute approximate surface area is 194 Å². The van der Waals surface area contributed by atoms with Crippen LogP contribution in [0.15, 0.2) is 0 Å². The monoisotopic (exact) mass is 465 g/mol. The average molecular weight is 466 g/mol. The number of hydrogen-bond acceptors (Lipinski definition) is 8. The van der Waals surface area contributed by atoms with Crippen molar-refractivity contribution in [3.8, 4) is 0 Å². The van der Waals surface area contributed by atoms with Gasteiger partial charge in [-0.3, -0.25) is 30.5 Å². The van der Waals surface area contributed by atoms with Crippen LogP contribution >= 0.6 is 0 Å². The first-order chi connectivity index (χ1) is 15.7. The summed E-state index contributed by atoms with van der Waals surface area (Å²) in [5.74, 6) is -0.842. The number of likely N-dealkylation sites (N-methyl/N-ethyl adjacent to an activating group) is 1. The fourth-order valence-corrected chi connectivity index (χ4v) is 4.82. The molecule has 1 aliphatic carbocycles. The molecule has 0 bridgehead atoms. The van der Waals surface area contributed by atoms with Gasteiger partial charge in [0.2, 0.25) is 18.1 Å². The molecule has 0 unspecified atom stereocenters. The number of hydroxylamine groups is 2. The maximum Gasteiger partial charge on any atom is 0.243 e. The highest BCUT2D eigenvalue weighted by Gasteiger charge is 2.32. The van der Waals surface area contributed by atoms with Gasteiger partial charge in [0.1, 0.15) is 5.82 Å². The van der Waals surface area contributed by atoms with E-state index < -0.39 is 17.6 Å². The molecule has 0 radical (unpaired) electrons. The number of carbonyl (C=O) groups excluding carboxylic acids is 2. The van der Waals surface area contributed by atoms with Crippen LogP contribution in [0.25, 0.3) is 0 Å². The number of rotatable bonds is 9. The molecule has 1 aromatic heterocycles.